The Hall–Kier alpha value is -3.21. The number of pyridine rings is 1. The lowest BCUT2D eigenvalue weighted by molar-refractivity contribution is -0.419. The molecule has 0 aliphatic heterocycles. The molecule has 1 fully saturated rings. The molecule has 0 spiro atoms. The van der Waals surface area contributed by atoms with Gasteiger partial charge < -0.3 is 10.1 Å². The van der Waals surface area contributed by atoms with E-state index < -0.39 is 19.7 Å². The molecule has 0 radical (unpaired) electrons. The summed E-state index contributed by atoms with van der Waals surface area (Å²) in [4.78, 5) is 26.4. The Bertz CT molecular complexity index is 1230. The molecule has 1 N–H and O–H groups in total. The second kappa shape index (κ2) is 7.49. The zero-order valence-corrected chi connectivity index (χ0v) is 17.8. The van der Waals surface area contributed by atoms with Gasteiger partial charge in [0.2, 0.25) is 10.0 Å². The number of rotatable bonds is 6. The van der Waals surface area contributed by atoms with Crippen LogP contribution in [-0.4, -0.2) is 46.2 Å². The molecule has 164 valence electrons. The fourth-order valence-electron chi connectivity index (χ4n) is 4.00. The smallest absolute Gasteiger partial charge is 0.308 e. The van der Waals surface area contributed by atoms with E-state index in [0.29, 0.717) is 23.9 Å². The van der Waals surface area contributed by atoms with Crippen LogP contribution in [0.5, 0.6) is 0 Å². The number of nitro groups is 1. The van der Waals surface area contributed by atoms with Gasteiger partial charge in [-0.1, -0.05) is 6.08 Å². The molecular formula is C20H22N4O6S. The SMILES string of the molecule is COC(=O)C1CC(Nc2ccnc3c2ccn3S(=O)(=O)C2(C)C=C([N+](=O)[O-])C=CC2)C1. The van der Waals surface area contributed by atoms with E-state index in [4.69, 9.17) is 4.74 Å². The molecule has 2 aliphatic rings. The number of aromatic nitrogens is 2. The lowest BCUT2D eigenvalue weighted by atomic mass is 9.80. The van der Waals surface area contributed by atoms with Crippen molar-refractivity contribution in [3.8, 4) is 0 Å². The molecule has 2 aliphatic carbocycles. The van der Waals surface area contributed by atoms with E-state index in [1.807, 2.05) is 0 Å². The highest BCUT2D eigenvalue weighted by Gasteiger charge is 2.42. The first-order valence-electron chi connectivity index (χ1n) is 9.75. The Labute approximate surface area is 178 Å². The second-order valence-electron chi connectivity index (χ2n) is 7.99. The van der Waals surface area contributed by atoms with Crippen LogP contribution in [0.2, 0.25) is 0 Å². The average molecular weight is 446 g/mol. The summed E-state index contributed by atoms with van der Waals surface area (Å²) < 4.78 is 31.3. The Morgan fingerprint density at radius 1 is 1.39 bits per heavy atom. The molecule has 4 rings (SSSR count). The molecule has 0 amide bonds. The molecule has 10 nitrogen and oxygen atoms in total. The molecule has 2 aromatic heterocycles. The van der Waals surface area contributed by atoms with Gasteiger partial charge in [0.15, 0.2) is 5.65 Å². The zero-order chi connectivity index (χ0) is 22.4. The van der Waals surface area contributed by atoms with E-state index in [1.165, 1.54) is 44.7 Å². The van der Waals surface area contributed by atoms with Gasteiger partial charge >= 0.3 is 5.97 Å². The normalized spacial score (nSPS) is 25.5. The number of esters is 1. The molecule has 1 atom stereocenters. The van der Waals surface area contributed by atoms with Crippen molar-refractivity contribution in [2.75, 3.05) is 12.4 Å². The Morgan fingerprint density at radius 2 is 2.13 bits per heavy atom. The highest BCUT2D eigenvalue weighted by Crippen LogP contribution is 2.36. The first-order valence-corrected chi connectivity index (χ1v) is 11.2. The van der Waals surface area contributed by atoms with Crippen LogP contribution in [0.3, 0.4) is 0 Å². The first kappa shape index (κ1) is 21.0. The van der Waals surface area contributed by atoms with Crippen molar-refractivity contribution in [3.05, 3.63) is 58.6 Å². The maximum atomic E-state index is 13.5. The summed E-state index contributed by atoms with van der Waals surface area (Å²) in [5, 5.41) is 15.1. The van der Waals surface area contributed by atoms with Crippen LogP contribution in [0.15, 0.2) is 48.5 Å². The van der Waals surface area contributed by atoms with Gasteiger partial charge in [0.05, 0.1) is 18.0 Å². The lowest BCUT2D eigenvalue weighted by Gasteiger charge is -2.34. The van der Waals surface area contributed by atoms with Crippen LogP contribution < -0.4 is 5.32 Å². The van der Waals surface area contributed by atoms with Crippen LogP contribution in [0, 0.1) is 16.0 Å². The van der Waals surface area contributed by atoms with E-state index in [0.717, 1.165) is 3.97 Å². The molecule has 0 saturated heterocycles. The predicted octanol–water partition coefficient (Wildman–Crippen LogP) is 2.46. The van der Waals surface area contributed by atoms with Gasteiger partial charge in [-0.25, -0.2) is 17.4 Å². The standard InChI is InChI=1S/C20H22N4O6S/c1-20(7-3-4-15(12-20)24(26)27)31(28,29)23-9-6-16-17(5-8-21-18(16)23)22-14-10-13(11-14)19(25)30-2/h3-6,8-9,12-14H,7,10-11H2,1-2H3,(H,21,22). The van der Waals surface area contributed by atoms with E-state index in [1.54, 1.807) is 12.1 Å². The zero-order valence-electron chi connectivity index (χ0n) is 17.0. The summed E-state index contributed by atoms with van der Waals surface area (Å²) in [6.07, 6.45) is 8.29. The summed E-state index contributed by atoms with van der Waals surface area (Å²) in [5.41, 5.74) is 0.692. The van der Waals surface area contributed by atoms with Gasteiger partial charge in [0, 0.05) is 41.7 Å². The molecule has 1 saturated carbocycles. The second-order valence-corrected chi connectivity index (χ2v) is 10.3. The number of nitrogens with one attached hydrogen (secondary N) is 1. The number of anilines is 1. The molecule has 2 heterocycles. The Morgan fingerprint density at radius 3 is 2.81 bits per heavy atom. The average Bonchev–Trinajstić information content (AvgIpc) is 3.15. The van der Waals surface area contributed by atoms with Crippen molar-refractivity contribution in [3.63, 3.8) is 0 Å². The fourth-order valence-corrected chi connectivity index (χ4v) is 5.62. The third-order valence-electron chi connectivity index (χ3n) is 5.91. The number of nitrogens with zero attached hydrogens (tertiary/aromatic N) is 3. The topological polar surface area (TPSA) is 133 Å². The maximum absolute atomic E-state index is 13.5. The number of hydrogen-bond donors (Lipinski definition) is 1. The Kier molecular flexibility index (Phi) is 5.08. The number of allylic oxidation sites excluding steroid dienone is 2. The molecule has 0 bridgehead atoms. The van der Waals surface area contributed by atoms with Gasteiger partial charge in [-0.3, -0.25) is 14.9 Å². The monoisotopic (exact) mass is 446 g/mol. The number of fused-ring (bicyclic) bond motifs is 1. The molecule has 31 heavy (non-hydrogen) atoms. The lowest BCUT2D eigenvalue weighted by Crippen LogP contribution is -2.40. The predicted molar refractivity (Wildman–Crippen MR) is 113 cm³/mol. The van der Waals surface area contributed by atoms with Gasteiger partial charge in [-0.15, -0.1) is 0 Å². The van der Waals surface area contributed by atoms with Crippen LogP contribution in [0.25, 0.3) is 11.0 Å². The Balaban J connectivity index is 1.64. The summed E-state index contributed by atoms with van der Waals surface area (Å²) in [6.45, 7) is 1.46. The molecule has 11 heteroatoms. The van der Waals surface area contributed by atoms with Crippen LogP contribution >= 0.6 is 0 Å². The molecule has 0 aromatic carbocycles. The highest BCUT2D eigenvalue weighted by molar-refractivity contribution is 7.91. The molecular weight excluding hydrogens is 424 g/mol. The van der Waals surface area contributed by atoms with E-state index in [9.17, 15) is 23.3 Å². The largest absolute Gasteiger partial charge is 0.469 e. The van der Waals surface area contributed by atoms with Gasteiger partial charge in [0.25, 0.3) is 5.70 Å². The summed E-state index contributed by atoms with van der Waals surface area (Å²) >= 11 is 0. The first-order chi connectivity index (χ1) is 14.7. The number of carbonyl (C=O) groups is 1. The van der Waals surface area contributed by atoms with Gasteiger partial charge in [0.1, 0.15) is 4.75 Å². The number of carbonyl (C=O) groups excluding carboxylic acids is 1. The van der Waals surface area contributed by atoms with E-state index >= 15 is 0 Å². The third kappa shape index (κ3) is 3.48. The number of hydrogen-bond acceptors (Lipinski definition) is 8. The minimum atomic E-state index is -4.04. The van der Waals surface area contributed by atoms with Crippen LogP contribution in [0.1, 0.15) is 26.2 Å². The minimum absolute atomic E-state index is 0.0706. The van der Waals surface area contributed by atoms with Gasteiger partial charge in [-0.2, -0.15) is 0 Å². The van der Waals surface area contributed by atoms with Crippen molar-refractivity contribution in [1.82, 2.24) is 8.96 Å². The van der Waals surface area contributed by atoms with Crippen molar-refractivity contribution in [2.24, 2.45) is 5.92 Å². The molecule has 1 unspecified atom stereocenters. The summed E-state index contributed by atoms with van der Waals surface area (Å²) in [6, 6.07) is 3.47. The van der Waals surface area contributed by atoms with Crippen molar-refractivity contribution < 1.29 is 22.9 Å². The number of methoxy groups -OCH3 is 1. The van der Waals surface area contributed by atoms with Crippen molar-refractivity contribution in [1.29, 1.82) is 0 Å². The number of ether oxygens (including phenoxy) is 1. The van der Waals surface area contributed by atoms with Crippen LogP contribution in [-0.2, 0) is 19.6 Å². The summed E-state index contributed by atoms with van der Waals surface area (Å²) in [5.74, 6) is -0.362. The van der Waals surface area contributed by atoms with Crippen LogP contribution in [0.4, 0.5) is 5.69 Å². The van der Waals surface area contributed by atoms with Gasteiger partial charge in [-0.05, 0) is 38.3 Å². The highest BCUT2D eigenvalue weighted by atomic mass is 32.2. The quantitative estimate of drug-likeness (QED) is 0.406. The van der Waals surface area contributed by atoms with E-state index in [-0.39, 0.29) is 35.7 Å². The van der Waals surface area contributed by atoms with Crippen molar-refractivity contribution >= 4 is 32.7 Å². The fraction of sp³-hybridized carbons (Fsp3) is 0.400. The third-order valence-corrected chi connectivity index (χ3v) is 8.19. The van der Waals surface area contributed by atoms with Crippen molar-refractivity contribution in [2.45, 2.75) is 37.0 Å². The minimum Gasteiger partial charge on any atom is -0.469 e. The molecule has 2 aromatic rings. The van der Waals surface area contributed by atoms with E-state index in [2.05, 4.69) is 10.3 Å². The maximum Gasteiger partial charge on any atom is 0.308 e. The summed E-state index contributed by atoms with van der Waals surface area (Å²) in [7, 11) is -2.67.